The molecule has 1 saturated heterocycles. The van der Waals surface area contributed by atoms with Gasteiger partial charge in [0.25, 0.3) is 0 Å². The molecule has 1 aromatic rings. The first-order valence-corrected chi connectivity index (χ1v) is 8.51. The van der Waals surface area contributed by atoms with E-state index < -0.39 is 0 Å². The average molecular weight is 332 g/mol. The first-order chi connectivity index (χ1) is 11.1. The van der Waals surface area contributed by atoms with Crippen molar-refractivity contribution in [1.82, 2.24) is 10.7 Å². The van der Waals surface area contributed by atoms with Gasteiger partial charge in [-0.2, -0.15) is 5.10 Å². The number of carbonyl (C=O) groups is 1. The molecule has 0 aromatic heterocycles. The summed E-state index contributed by atoms with van der Waals surface area (Å²) in [4.78, 5) is 13.7. The van der Waals surface area contributed by atoms with Gasteiger partial charge >= 0.3 is 0 Å². The number of hydrogen-bond donors (Lipinski definition) is 2. The molecule has 5 nitrogen and oxygen atoms in total. The fourth-order valence-corrected chi connectivity index (χ4v) is 2.59. The van der Waals surface area contributed by atoms with Gasteiger partial charge in [0, 0.05) is 25.2 Å². The lowest BCUT2D eigenvalue weighted by Crippen LogP contribution is -2.33. The van der Waals surface area contributed by atoms with Gasteiger partial charge in [-0.15, -0.1) is 0 Å². The summed E-state index contributed by atoms with van der Waals surface area (Å²) >= 11 is 5.18. The molecule has 1 fully saturated rings. The smallest absolute Gasteiger partial charge is 0.227 e. The third-order valence-corrected chi connectivity index (χ3v) is 4.03. The largest absolute Gasteiger partial charge is 0.361 e. The van der Waals surface area contributed by atoms with Crippen LogP contribution in [0.25, 0.3) is 0 Å². The Morgan fingerprint density at radius 1 is 1.43 bits per heavy atom. The maximum absolute atomic E-state index is 11.9. The number of hydrazone groups is 1. The lowest BCUT2D eigenvalue weighted by molar-refractivity contribution is -0.117. The fraction of sp³-hybridized carbons (Fsp3) is 0.471. The number of thiocarbonyl (C=S) groups is 1. The normalized spacial score (nSPS) is 15.0. The number of nitrogens with one attached hydrogen (secondary N) is 2. The number of hydrogen-bond acceptors (Lipinski definition) is 3. The molecule has 2 N–H and O–H groups in total. The molecule has 124 valence electrons. The first-order valence-electron chi connectivity index (χ1n) is 8.10. The predicted molar refractivity (Wildman–Crippen MR) is 98.9 cm³/mol. The van der Waals surface area contributed by atoms with Crippen molar-refractivity contribution in [2.24, 2.45) is 5.10 Å². The van der Waals surface area contributed by atoms with Crippen molar-refractivity contribution >= 4 is 34.6 Å². The number of anilines is 1. The monoisotopic (exact) mass is 332 g/mol. The highest BCUT2D eigenvalue weighted by Crippen LogP contribution is 2.22. The topological polar surface area (TPSA) is 56.7 Å². The van der Waals surface area contributed by atoms with Gasteiger partial charge in [0.05, 0.1) is 5.71 Å². The van der Waals surface area contributed by atoms with Crippen molar-refractivity contribution in [3.8, 4) is 0 Å². The second kappa shape index (κ2) is 8.62. The molecule has 6 heteroatoms. The van der Waals surface area contributed by atoms with E-state index >= 15 is 0 Å². The fourth-order valence-electron chi connectivity index (χ4n) is 2.44. The van der Waals surface area contributed by atoms with Gasteiger partial charge in [-0.05, 0) is 49.7 Å². The molecule has 0 atom stereocenters. The Labute approximate surface area is 143 Å². The van der Waals surface area contributed by atoms with Crippen LogP contribution >= 0.6 is 12.2 Å². The predicted octanol–water partition coefficient (Wildman–Crippen LogP) is 2.80. The minimum atomic E-state index is 0.191. The summed E-state index contributed by atoms with van der Waals surface area (Å²) in [6.45, 7) is 5.71. The molecule has 0 saturated carbocycles. The lowest BCUT2D eigenvalue weighted by Gasteiger charge is -2.16. The molecule has 0 spiro atoms. The highest BCUT2D eigenvalue weighted by molar-refractivity contribution is 7.80. The van der Waals surface area contributed by atoms with E-state index in [1.807, 2.05) is 36.1 Å². The lowest BCUT2D eigenvalue weighted by atomic mass is 10.1. The molecule has 0 aliphatic carbocycles. The van der Waals surface area contributed by atoms with E-state index in [9.17, 15) is 4.79 Å². The minimum Gasteiger partial charge on any atom is -0.361 e. The average Bonchev–Trinajstić information content (AvgIpc) is 2.99. The Balaban J connectivity index is 1.99. The second-order valence-corrected chi connectivity index (χ2v) is 6.03. The summed E-state index contributed by atoms with van der Waals surface area (Å²) in [7, 11) is 0. The Morgan fingerprint density at radius 3 is 2.96 bits per heavy atom. The van der Waals surface area contributed by atoms with Gasteiger partial charge in [-0.3, -0.25) is 10.2 Å². The van der Waals surface area contributed by atoms with Crippen molar-refractivity contribution in [2.45, 2.75) is 39.5 Å². The Hall–Kier alpha value is -1.95. The third kappa shape index (κ3) is 5.03. The number of amides is 1. The van der Waals surface area contributed by atoms with Crippen LogP contribution in [0.1, 0.15) is 45.1 Å². The van der Waals surface area contributed by atoms with Crippen LogP contribution in [0.3, 0.4) is 0 Å². The Morgan fingerprint density at radius 2 is 2.26 bits per heavy atom. The number of carbonyl (C=O) groups excluding carboxylic acids is 1. The van der Waals surface area contributed by atoms with Crippen LogP contribution in [0.15, 0.2) is 29.4 Å². The maximum atomic E-state index is 11.9. The zero-order valence-electron chi connectivity index (χ0n) is 13.8. The molecule has 1 heterocycles. The van der Waals surface area contributed by atoms with Crippen LogP contribution in [0.4, 0.5) is 5.69 Å². The van der Waals surface area contributed by atoms with E-state index in [1.165, 1.54) is 0 Å². The molecule has 2 rings (SSSR count). The summed E-state index contributed by atoms with van der Waals surface area (Å²) in [5, 5.41) is 7.96. The standard InChI is InChI=1S/C17H24N4OS/c1-3-4-10-18-17(23)20-19-13(2)14-7-5-8-15(12-14)21-11-6-9-16(21)22/h5,7-8,12H,3-4,6,9-11H2,1-2H3,(H2,18,20,23)/b19-13-. The van der Waals surface area contributed by atoms with Crippen molar-refractivity contribution < 1.29 is 4.79 Å². The highest BCUT2D eigenvalue weighted by Gasteiger charge is 2.21. The number of nitrogens with zero attached hydrogens (tertiary/aromatic N) is 2. The molecule has 23 heavy (non-hydrogen) atoms. The van der Waals surface area contributed by atoms with Crippen LogP contribution in [0, 0.1) is 0 Å². The van der Waals surface area contributed by atoms with Gasteiger partial charge in [0.1, 0.15) is 0 Å². The van der Waals surface area contributed by atoms with Crippen molar-refractivity contribution in [3.63, 3.8) is 0 Å². The summed E-state index contributed by atoms with van der Waals surface area (Å²) in [6.07, 6.45) is 3.77. The minimum absolute atomic E-state index is 0.191. The maximum Gasteiger partial charge on any atom is 0.227 e. The third-order valence-electron chi connectivity index (χ3n) is 3.79. The van der Waals surface area contributed by atoms with Crippen LogP contribution in [-0.2, 0) is 4.79 Å². The summed E-state index contributed by atoms with van der Waals surface area (Å²) < 4.78 is 0. The van der Waals surface area contributed by atoms with E-state index in [0.717, 1.165) is 49.3 Å². The molecule has 0 bridgehead atoms. The number of benzene rings is 1. The van der Waals surface area contributed by atoms with Crippen LogP contribution in [-0.4, -0.2) is 29.8 Å². The molecular formula is C17H24N4OS. The van der Waals surface area contributed by atoms with Crippen molar-refractivity contribution in [1.29, 1.82) is 0 Å². The molecule has 0 unspecified atom stereocenters. The molecule has 1 aromatic carbocycles. The van der Waals surface area contributed by atoms with Gasteiger partial charge in [0.15, 0.2) is 5.11 Å². The molecular weight excluding hydrogens is 308 g/mol. The summed E-state index contributed by atoms with van der Waals surface area (Å²) in [5.74, 6) is 0.191. The van der Waals surface area contributed by atoms with Crippen molar-refractivity contribution in [3.05, 3.63) is 29.8 Å². The highest BCUT2D eigenvalue weighted by atomic mass is 32.1. The van der Waals surface area contributed by atoms with Gasteiger partial charge < -0.3 is 10.2 Å². The molecule has 1 aliphatic heterocycles. The van der Waals surface area contributed by atoms with E-state index in [1.54, 1.807) is 0 Å². The van der Waals surface area contributed by atoms with E-state index in [2.05, 4.69) is 22.8 Å². The molecule has 1 aliphatic rings. The Bertz CT molecular complexity index is 600. The van der Waals surface area contributed by atoms with Crippen LogP contribution in [0.5, 0.6) is 0 Å². The Kier molecular flexibility index (Phi) is 6.52. The summed E-state index contributed by atoms with van der Waals surface area (Å²) in [6, 6.07) is 7.90. The van der Waals surface area contributed by atoms with E-state index in [-0.39, 0.29) is 5.91 Å². The first kappa shape index (κ1) is 17.4. The van der Waals surface area contributed by atoms with Gasteiger partial charge in [0.2, 0.25) is 5.91 Å². The van der Waals surface area contributed by atoms with E-state index in [4.69, 9.17) is 12.2 Å². The second-order valence-electron chi connectivity index (χ2n) is 5.62. The van der Waals surface area contributed by atoms with Crippen LogP contribution < -0.4 is 15.6 Å². The van der Waals surface area contributed by atoms with Crippen LogP contribution in [0.2, 0.25) is 0 Å². The molecule has 1 amide bonds. The van der Waals surface area contributed by atoms with Gasteiger partial charge in [-0.1, -0.05) is 25.5 Å². The number of unbranched alkanes of at least 4 members (excludes halogenated alkanes) is 1. The molecule has 0 radical (unpaired) electrons. The zero-order chi connectivity index (χ0) is 16.7. The zero-order valence-corrected chi connectivity index (χ0v) is 14.6. The van der Waals surface area contributed by atoms with Crippen molar-refractivity contribution in [2.75, 3.05) is 18.0 Å². The SMILES string of the molecule is CCCCNC(=S)N/N=C(/C)c1cccc(N2CCCC2=O)c1. The van der Waals surface area contributed by atoms with E-state index in [0.29, 0.717) is 11.5 Å². The number of rotatable bonds is 6. The quantitative estimate of drug-likeness (QED) is 0.364. The summed E-state index contributed by atoms with van der Waals surface area (Å²) in [5.41, 5.74) is 5.61. The van der Waals surface area contributed by atoms with Gasteiger partial charge in [-0.25, -0.2) is 0 Å².